The van der Waals surface area contributed by atoms with Crippen LogP contribution in [0.4, 0.5) is 9.57 Å². The third-order valence-corrected chi connectivity index (χ3v) is 5.78. The van der Waals surface area contributed by atoms with Crippen LogP contribution in [-0.2, 0) is 25.0 Å². The Labute approximate surface area is 122 Å². The summed E-state index contributed by atoms with van der Waals surface area (Å²) in [4.78, 5) is 12.7. The molecule has 1 aromatic rings. The Balaban J connectivity index is 2.47. The summed E-state index contributed by atoms with van der Waals surface area (Å²) in [6, 6.07) is 5.63. The van der Waals surface area contributed by atoms with E-state index in [9.17, 15) is 25.5 Å². The minimum absolute atomic E-state index is 0.0306. The number of hydrogen-bond donors (Lipinski definition) is 1. The molecule has 1 aromatic carbocycles. The summed E-state index contributed by atoms with van der Waals surface area (Å²) in [6.45, 7) is -0.409. The van der Waals surface area contributed by atoms with Gasteiger partial charge in [-0.25, -0.2) is 13.1 Å². The molecule has 0 bridgehead atoms. The number of benzene rings is 1. The van der Waals surface area contributed by atoms with Crippen molar-refractivity contribution in [3.8, 4) is 0 Å². The van der Waals surface area contributed by atoms with Crippen molar-refractivity contribution in [3.63, 3.8) is 0 Å². The van der Waals surface area contributed by atoms with Gasteiger partial charge in [-0.3, -0.25) is 4.79 Å². The molecule has 1 N–H and O–H groups in total. The van der Waals surface area contributed by atoms with Crippen LogP contribution in [0, 0.1) is 0 Å². The van der Waals surface area contributed by atoms with Crippen molar-refractivity contribution >= 4 is 31.8 Å². The second kappa shape index (κ2) is 5.35. The fraction of sp³-hybridized carbons (Fsp3) is 0.364. The standard InChI is InChI=1S/C11H13FN2O5S2/c1-13-21(18,19)10-5-3-2-4-9(10)14-7-8(6-11(14)15)20(12,16)17/h2-5,8,13H,6-7H2,1H3. The number of carbonyl (C=O) groups is 1. The molecule has 1 atom stereocenters. The van der Waals surface area contributed by atoms with Crippen molar-refractivity contribution in [1.29, 1.82) is 0 Å². The largest absolute Gasteiger partial charge is 0.310 e. The van der Waals surface area contributed by atoms with Gasteiger partial charge in [-0.2, -0.15) is 8.42 Å². The molecule has 1 aliphatic rings. The number of halogens is 1. The normalized spacial score (nSPS) is 20.0. The molecule has 7 nitrogen and oxygen atoms in total. The minimum atomic E-state index is -4.86. The van der Waals surface area contributed by atoms with Crippen LogP contribution in [-0.4, -0.2) is 41.6 Å². The number of nitrogens with one attached hydrogen (secondary N) is 1. The summed E-state index contributed by atoms with van der Waals surface area (Å²) in [5.41, 5.74) is 0.0306. The smallest absolute Gasteiger partial charge is 0.307 e. The first-order valence-corrected chi connectivity index (χ1v) is 8.86. The molecule has 21 heavy (non-hydrogen) atoms. The maximum atomic E-state index is 13.0. The SMILES string of the molecule is CNS(=O)(=O)c1ccccc1N1CC(S(=O)(=O)F)CC1=O. The van der Waals surface area contributed by atoms with Gasteiger partial charge in [0.05, 0.1) is 5.69 Å². The highest BCUT2D eigenvalue weighted by atomic mass is 32.3. The molecule has 1 heterocycles. The maximum Gasteiger partial charge on any atom is 0.307 e. The summed E-state index contributed by atoms with van der Waals surface area (Å²) in [5, 5.41) is -1.48. The predicted octanol–water partition coefficient (Wildman–Crippen LogP) is -0.000700. The van der Waals surface area contributed by atoms with Crippen LogP contribution < -0.4 is 9.62 Å². The quantitative estimate of drug-likeness (QED) is 0.780. The van der Waals surface area contributed by atoms with Crippen LogP contribution in [0.15, 0.2) is 29.2 Å². The van der Waals surface area contributed by atoms with Gasteiger partial charge in [0.25, 0.3) is 0 Å². The molecule has 10 heteroatoms. The van der Waals surface area contributed by atoms with Crippen molar-refractivity contribution < 1.29 is 25.5 Å². The average Bonchev–Trinajstić information content (AvgIpc) is 2.81. The summed E-state index contributed by atoms with van der Waals surface area (Å²) in [5.74, 6) is -0.639. The number of nitrogens with zero attached hydrogens (tertiary/aromatic N) is 1. The van der Waals surface area contributed by atoms with Crippen LogP contribution >= 0.6 is 0 Å². The lowest BCUT2D eigenvalue weighted by Crippen LogP contribution is -2.30. The van der Waals surface area contributed by atoms with Gasteiger partial charge >= 0.3 is 10.2 Å². The third kappa shape index (κ3) is 3.06. The van der Waals surface area contributed by atoms with Crippen molar-refractivity contribution in [2.45, 2.75) is 16.6 Å². The number of sulfonamides is 1. The molecule has 1 amide bonds. The lowest BCUT2D eigenvalue weighted by Gasteiger charge is -2.19. The van der Waals surface area contributed by atoms with E-state index in [1.807, 2.05) is 0 Å². The molecule has 116 valence electrons. The van der Waals surface area contributed by atoms with Gasteiger partial charge in [0.1, 0.15) is 10.1 Å². The molecule has 0 aliphatic carbocycles. The van der Waals surface area contributed by atoms with Crippen LogP contribution in [0.1, 0.15) is 6.42 Å². The van der Waals surface area contributed by atoms with Gasteiger partial charge in [0, 0.05) is 13.0 Å². The van der Waals surface area contributed by atoms with E-state index < -0.39 is 44.4 Å². The Morgan fingerprint density at radius 1 is 1.24 bits per heavy atom. The van der Waals surface area contributed by atoms with Crippen LogP contribution in [0.25, 0.3) is 0 Å². The fourth-order valence-electron chi connectivity index (χ4n) is 2.11. The average molecular weight is 336 g/mol. The van der Waals surface area contributed by atoms with Gasteiger partial charge < -0.3 is 4.90 Å². The van der Waals surface area contributed by atoms with Crippen LogP contribution in [0.3, 0.4) is 0 Å². The Kier molecular flexibility index (Phi) is 4.04. The number of hydrogen-bond acceptors (Lipinski definition) is 5. The van der Waals surface area contributed by atoms with E-state index in [2.05, 4.69) is 4.72 Å². The molecule has 1 aliphatic heterocycles. The highest BCUT2D eigenvalue weighted by Gasteiger charge is 2.40. The predicted molar refractivity (Wildman–Crippen MR) is 73.5 cm³/mol. The topological polar surface area (TPSA) is 101 Å². The zero-order valence-corrected chi connectivity index (χ0v) is 12.6. The number of carbonyl (C=O) groups excluding carboxylic acids is 1. The van der Waals surface area contributed by atoms with E-state index in [-0.39, 0.29) is 10.6 Å². The summed E-state index contributed by atoms with van der Waals surface area (Å²) in [7, 11) is -7.47. The first-order valence-electron chi connectivity index (χ1n) is 5.93. The lowest BCUT2D eigenvalue weighted by molar-refractivity contribution is -0.117. The van der Waals surface area contributed by atoms with E-state index in [0.717, 1.165) is 4.90 Å². The van der Waals surface area contributed by atoms with Gasteiger partial charge in [-0.05, 0) is 19.2 Å². The third-order valence-electron chi connectivity index (χ3n) is 3.20. The molecule has 0 spiro atoms. The molecule has 0 radical (unpaired) electrons. The van der Waals surface area contributed by atoms with E-state index in [4.69, 9.17) is 0 Å². The second-order valence-electron chi connectivity index (χ2n) is 4.48. The highest BCUT2D eigenvalue weighted by Crippen LogP contribution is 2.30. The van der Waals surface area contributed by atoms with Crippen molar-refractivity contribution in [2.24, 2.45) is 0 Å². The number of para-hydroxylation sites is 1. The Bertz CT molecular complexity index is 776. The Hall–Kier alpha value is -1.52. The number of anilines is 1. The van der Waals surface area contributed by atoms with Gasteiger partial charge in [-0.1, -0.05) is 12.1 Å². The van der Waals surface area contributed by atoms with Crippen LogP contribution in [0.2, 0.25) is 0 Å². The Morgan fingerprint density at radius 3 is 2.38 bits per heavy atom. The van der Waals surface area contributed by atoms with E-state index in [0.29, 0.717) is 0 Å². The first kappa shape index (κ1) is 15.9. The summed E-state index contributed by atoms with van der Waals surface area (Å²) in [6.07, 6.45) is -0.507. The number of amides is 1. The van der Waals surface area contributed by atoms with E-state index in [1.165, 1.54) is 31.3 Å². The summed E-state index contributed by atoms with van der Waals surface area (Å²) >= 11 is 0. The molecule has 1 unspecified atom stereocenters. The maximum absolute atomic E-state index is 13.0. The zero-order chi connectivity index (χ0) is 15.8. The number of rotatable bonds is 4. The molecular formula is C11H13FN2O5S2. The van der Waals surface area contributed by atoms with Crippen LogP contribution in [0.5, 0.6) is 0 Å². The van der Waals surface area contributed by atoms with E-state index >= 15 is 0 Å². The lowest BCUT2D eigenvalue weighted by atomic mass is 10.3. The second-order valence-corrected chi connectivity index (χ2v) is 7.95. The highest BCUT2D eigenvalue weighted by molar-refractivity contribution is 7.89. The first-order chi connectivity index (χ1) is 9.66. The van der Waals surface area contributed by atoms with Gasteiger partial charge in [0.15, 0.2) is 0 Å². The minimum Gasteiger partial charge on any atom is -0.310 e. The summed E-state index contributed by atoms with van der Waals surface area (Å²) < 4.78 is 60.8. The molecule has 2 rings (SSSR count). The molecular weight excluding hydrogens is 323 g/mol. The van der Waals surface area contributed by atoms with Gasteiger partial charge in [0.2, 0.25) is 15.9 Å². The molecule has 1 saturated heterocycles. The fourth-order valence-corrected chi connectivity index (χ4v) is 3.71. The monoisotopic (exact) mass is 336 g/mol. The molecule has 0 aromatic heterocycles. The molecule has 0 saturated carbocycles. The van der Waals surface area contributed by atoms with Crippen molar-refractivity contribution in [3.05, 3.63) is 24.3 Å². The Morgan fingerprint density at radius 2 is 1.86 bits per heavy atom. The zero-order valence-electron chi connectivity index (χ0n) is 11.0. The van der Waals surface area contributed by atoms with Crippen molar-refractivity contribution in [1.82, 2.24) is 4.72 Å². The van der Waals surface area contributed by atoms with Crippen molar-refractivity contribution in [2.75, 3.05) is 18.5 Å². The molecule has 1 fully saturated rings. The van der Waals surface area contributed by atoms with Gasteiger partial charge in [-0.15, -0.1) is 3.89 Å². The van der Waals surface area contributed by atoms with E-state index in [1.54, 1.807) is 0 Å².